The van der Waals surface area contributed by atoms with Crippen molar-refractivity contribution in [2.45, 2.75) is 0 Å². The molecule has 0 bridgehead atoms. The molecule has 3 aromatic heterocycles. The molecule has 0 radical (unpaired) electrons. The van der Waals surface area contributed by atoms with E-state index in [1.807, 2.05) is 24.3 Å². The van der Waals surface area contributed by atoms with Crippen LogP contribution in [0.3, 0.4) is 0 Å². The Hall–Kier alpha value is -9.90. The Labute approximate surface area is 428 Å². The van der Waals surface area contributed by atoms with Gasteiger partial charge >= 0.3 is 0 Å². The molecule has 0 saturated heterocycles. The quantitative estimate of drug-likeness (QED) is 0.145. The number of nitrogens with zero attached hydrogens (tertiary/aromatic N) is 3. The second-order valence-corrected chi connectivity index (χ2v) is 18.9. The van der Waals surface area contributed by atoms with Crippen molar-refractivity contribution < 1.29 is 4.42 Å². The maximum absolute atomic E-state index is 6.56. The summed E-state index contributed by atoms with van der Waals surface area (Å²) in [6.07, 6.45) is 0. The summed E-state index contributed by atoms with van der Waals surface area (Å²) >= 11 is 0. The Kier molecular flexibility index (Phi) is 10.5. The maximum atomic E-state index is 6.56. The Morgan fingerprint density at radius 1 is 0.270 bits per heavy atom. The van der Waals surface area contributed by atoms with Crippen molar-refractivity contribution >= 4 is 43.7 Å². The average molecular weight is 944 g/mol. The van der Waals surface area contributed by atoms with E-state index in [1.165, 1.54) is 27.5 Å². The zero-order valence-corrected chi connectivity index (χ0v) is 40.2. The molecule has 4 nitrogen and oxygen atoms in total. The van der Waals surface area contributed by atoms with Crippen LogP contribution in [0.1, 0.15) is 0 Å². The molecule has 4 heteroatoms. The average Bonchev–Trinajstić information content (AvgIpc) is 4.03. The third kappa shape index (κ3) is 7.56. The van der Waals surface area contributed by atoms with E-state index in [0.717, 1.165) is 106 Å². The number of rotatable bonds is 9. The molecule has 0 amide bonds. The Morgan fingerprint density at radius 2 is 0.716 bits per heavy atom. The Bertz CT molecular complexity index is 4280. The van der Waals surface area contributed by atoms with Gasteiger partial charge in [0.2, 0.25) is 0 Å². The molecular weight excluding hydrogens is 899 g/mol. The molecule has 11 aromatic carbocycles. The first-order valence-corrected chi connectivity index (χ1v) is 25.1. The van der Waals surface area contributed by atoms with Crippen LogP contribution in [0.2, 0.25) is 0 Å². The van der Waals surface area contributed by atoms with Gasteiger partial charge in [-0.2, -0.15) is 0 Å². The van der Waals surface area contributed by atoms with Gasteiger partial charge in [0.25, 0.3) is 0 Å². The van der Waals surface area contributed by atoms with Crippen molar-refractivity contribution in [1.82, 2.24) is 14.5 Å². The standard InChI is InChI=1S/C70H45N3O/c1-3-16-46(17-4-1)48-30-34-50(35-31-48)64-45-65(51-36-32-49(33-37-51)47-18-5-2-6-19-47)72-70(71-64)52-38-41-54(42-39-52)73-66-28-13-11-24-59(66)63-44-53(40-43-67(63)73)55-20-7-8-21-56(55)57-22-9-10-23-58(57)61-26-15-27-62-60-25-12-14-29-68(60)74-69(61)62/h1-45H. The summed E-state index contributed by atoms with van der Waals surface area (Å²) in [7, 11) is 0. The third-order valence-electron chi connectivity index (χ3n) is 14.5. The monoisotopic (exact) mass is 943 g/mol. The summed E-state index contributed by atoms with van der Waals surface area (Å²) in [6.45, 7) is 0. The lowest BCUT2D eigenvalue weighted by Crippen LogP contribution is -1.97. The van der Waals surface area contributed by atoms with E-state index < -0.39 is 0 Å². The van der Waals surface area contributed by atoms with E-state index in [1.54, 1.807) is 0 Å². The molecule has 0 spiro atoms. The zero-order valence-electron chi connectivity index (χ0n) is 40.2. The van der Waals surface area contributed by atoms with Crippen LogP contribution >= 0.6 is 0 Å². The van der Waals surface area contributed by atoms with E-state index in [2.05, 4.69) is 253 Å². The van der Waals surface area contributed by atoms with Gasteiger partial charge in [-0.3, -0.25) is 0 Å². The highest BCUT2D eigenvalue weighted by Gasteiger charge is 2.20. The number of hydrogen-bond acceptors (Lipinski definition) is 3. The molecule has 0 fully saturated rings. The second-order valence-electron chi connectivity index (χ2n) is 18.9. The van der Waals surface area contributed by atoms with Crippen LogP contribution in [0.4, 0.5) is 0 Å². The molecule has 3 heterocycles. The van der Waals surface area contributed by atoms with Crippen LogP contribution in [-0.2, 0) is 0 Å². The SMILES string of the molecule is c1ccc(-c2ccc(-c3cc(-c4ccc(-c5ccccc5)cc4)nc(-c4ccc(-n5c6ccccc6c6cc(-c7ccccc7-c7ccccc7-c7cccc8c7oc7ccccc78)ccc65)cc4)n3)cc2)cc1. The molecule has 14 aromatic rings. The van der Waals surface area contributed by atoms with E-state index in [0.29, 0.717) is 5.82 Å². The molecule has 346 valence electrons. The lowest BCUT2D eigenvalue weighted by molar-refractivity contribution is 0.670. The second kappa shape index (κ2) is 18.1. The minimum absolute atomic E-state index is 0.671. The summed E-state index contributed by atoms with van der Waals surface area (Å²) in [5.74, 6) is 0.671. The first kappa shape index (κ1) is 42.9. The molecule has 14 rings (SSSR count). The number of para-hydroxylation sites is 3. The fraction of sp³-hybridized carbons (Fsp3) is 0. The van der Waals surface area contributed by atoms with E-state index in [9.17, 15) is 0 Å². The van der Waals surface area contributed by atoms with Crippen molar-refractivity contribution in [1.29, 1.82) is 0 Å². The highest BCUT2D eigenvalue weighted by Crippen LogP contribution is 2.44. The van der Waals surface area contributed by atoms with Gasteiger partial charge in [0.15, 0.2) is 5.82 Å². The van der Waals surface area contributed by atoms with Crippen molar-refractivity contribution in [3.8, 4) is 95.2 Å². The van der Waals surface area contributed by atoms with E-state index in [4.69, 9.17) is 14.4 Å². The minimum Gasteiger partial charge on any atom is -0.455 e. The molecular formula is C70H45N3O. The molecule has 0 aliphatic carbocycles. The minimum atomic E-state index is 0.671. The molecule has 0 atom stereocenters. The lowest BCUT2D eigenvalue weighted by atomic mass is 9.88. The van der Waals surface area contributed by atoms with Crippen LogP contribution in [0.15, 0.2) is 277 Å². The van der Waals surface area contributed by atoms with Gasteiger partial charge < -0.3 is 8.98 Å². The Morgan fingerprint density at radius 3 is 1.36 bits per heavy atom. The summed E-state index contributed by atoms with van der Waals surface area (Å²) < 4.78 is 8.94. The predicted molar refractivity (Wildman–Crippen MR) is 307 cm³/mol. The Balaban J connectivity index is 0.840. The zero-order chi connectivity index (χ0) is 49.0. The maximum Gasteiger partial charge on any atom is 0.160 e. The number of aromatic nitrogens is 3. The van der Waals surface area contributed by atoms with Gasteiger partial charge in [-0.05, 0) is 105 Å². The number of furan rings is 1. The molecule has 0 aliphatic heterocycles. The van der Waals surface area contributed by atoms with Gasteiger partial charge in [-0.25, -0.2) is 9.97 Å². The number of hydrogen-bond donors (Lipinski definition) is 0. The van der Waals surface area contributed by atoms with Crippen LogP contribution in [0, 0.1) is 0 Å². The van der Waals surface area contributed by atoms with Crippen LogP contribution in [0.25, 0.3) is 139 Å². The third-order valence-corrected chi connectivity index (χ3v) is 14.5. The van der Waals surface area contributed by atoms with Gasteiger partial charge in [0.05, 0.1) is 22.4 Å². The van der Waals surface area contributed by atoms with Crippen molar-refractivity contribution in [2.24, 2.45) is 0 Å². The summed E-state index contributed by atoms with van der Waals surface area (Å²) in [5.41, 5.74) is 21.4. The molecule has 0 aliphatic rings. The summed E-state index contributed by atoms with van der Waals surface area (Å²) in [4.78, 5) is 10.5. The van der Waals surface area contributed by atoms with E-state index in [-0.39, 0.29) is 0 Å². The highest BCUT2D eigenvalue weighted by atomic mass is 16.3. The first-order valence-electron chi connectivity index (χ1n) is 25.1. The van der Waals surface area contributed by atoms with Crippen molar-refractivity contribution in [3.05, 3.63) is 273 Å². The van der Waals surface area contributed by atoms with Gasteiger partial charge in [-0.1, -0.05) is 218 Å². The van der Waals surface area contributed by atoms with E-state index >= 15 is 0 Å². The first-order chi connectivity index (χ1) is 36.7. The fourth-order valence-electron chi connectivity index (χ4n) is 10.9. The van der Waals surface area contributed by atoms with Gasteiger partial charge in [-0.15, -0.1) is 0 Å². The molecule has 0 N–H and O–H groups in total. The fourth-order valence-corrected chi connectivity index (χ4v) is 10.9. The smallest absolute Gasteiger partial charge is 0.160 e. The van der Waals surface area contributed by atoms with Crippen molar-refractivity contribution in [3.63, 3.8) is 0 Å². The molecule has 74 heavy (non-hydrogen) atoms. The summed E-state index contributed by atoms with van der Waals surface area (Å²) in [5, 5.41) is 4.63. The van der Waals surface area contributed by atoms with Crippen LogP contribution in [0.5, 0.6) is 0 Å². The van der Waals surface area contributed by atoms with Gasteiger partial charge in [0.1, 0.15) is 11.2 Å². The predicted octanol–water partition coefficient (Wildman–Crippen LogP) is 18.8. The van der Waals surface area contributed by atoms with Gasteiger partial charge in [0, 0.05) is 49.5 Å². The van der Waals surface area contributed by atoms with Crippen molar-refractivity contribution in [2.75, 3.05) is 0 Å². The number of benzene rings is 11. The number of fused-ring (bicyclic) bond motifs is 6. The molecule has 0 unspecified atom stereocenters. The summed E-state index contributed by atoms with van der Waals surface area (Å²) in [6, 6.07) is 97.0. The molecule has 0 saturated carbocycles. The highest BCUT2D eigenvalue weighted by molar-refractivity contribution is 6.12. The normalized spacial score (nSPS) is 11.5. The lowest BCUT2D eigenvalue weighted by Gasteiger charge is -2.15. The largest absolute Gasteiger partial charge is 0.455 e. The van der Waals surface area contributed by atoms with Crippen LogP contribution < -0.4 is 0 Å². The topological polar surface area (TPSA) is 43.9 Å². The van der Waals surface area contributed by atoms with Crippen LogP contribution in [-0.4, -0.2) is 14.5 Å².